The standard InChI is InChI=1S/C15H21FO2/c1-2-18-15(8-3-4-9-15)14(17)11-12-6-5-7-13(16)10-12/h5-7,10,14,17H,2-4,8-9,11H2,1H3. The van der Waals surface area contributed by atoms with Crippen molar-refractivity contribution in [3.8, 4) is 0 Å². The van der Waals surface area contributed by atoms with Crippen LogP contribution in [0, 0.1) is 5.82 Å². The number of rotatable bonds is 5. The van der Waals surface area contributed by atoms with Gasteiger partial charge in [0, 0.05) is 13.0 Å². The second-order valence-corrected chi connectivity index (χ2v) is 5.05. The lowest BCUT2D eigenvalue weighted by Crippen LogP contribution is -2.43. The summed E-state index contributed by atoms with van der Waals surface area (Å²) in [6.07, 6.45) is 3.90. The van der Waals surface area contributed by atoms with Gasteiger partial charge >= 0.3 is 0 Å². The minimum atomic E-state index is -0.554. The van der Waals surface area contributed by atoms with Gasteiger partial charge in [-0.2, -0.15) is 0 Å². The summed E-state index contributed by atoms with van der Waals surface area (Å²) in [5.41, 5.74) is 0.412. The van der Waals surface area contributed by atoms with Crippen LogP contribution in [0.3, 0.4) is 0 Å². The molecule has 2 rings (SSSR count). The third-order valence-electron chi connectivity index (χ3n) is 3.81. The summed E-state index contributed by atoms with van der Waals surface area (Å²) >= 11 is 0. The van der Waals surface area contributed by atoms with E-state index in [-0.39, 0.29) is 5.82 Å². The number of hydrogen-bond donors (Lipinski definition) is 1. The average Bonchev–Trinajstić information content (AvgIpc) is 2.79. The first-order chi connectivity index (χ1) is 8.66. The molecule has 0 aliphatic heterocycles. The summed E-state index contributed by atoms with van der Waals surface area (Å²) in [6.45, 7) is 2.56. The number of hydrogen-bond acceptors (Lipinski definition) is 2. The Kier molecular flexibility index (Phi) is 4.36. The molecule has 0 amide bonds. The van der Waals surface area contributed by atoms with E-state index in [1.54, 1.807) is 6.07 Å². The normalized spacial score (nSPS) is 19.9. The molecule has 1 fully saturated rings. The molecule has 1 saturated carbocycles. The van der Waals surface area contributed by atoms with E-state index >= 15 is 0 Å². The maximum absolute atomic E-state index is 13.1. The fraction of sp³-hybridized carbons (Fsp3) is 0.600. The maximum Gasteiger partial charge on any atom is 0.123 e. The van der Waals surface area contributed by atoms with Crippen molar-refractivity contribution >= 4 is 0 Å². The summed E-state index contributed by atoms with van der Waals surface area (Å²) in [4.78, 5) is 0. The molecule has 1 N–H and O–H groups in total. The third kappa shape index (κ3) is 2.90. The van der Waals surface area contributed by atoms with E-state index in [0.29, 0.717) is 13.0 Å². The van der Waals surface area contributed by atoms with E-state index in [9.17, 15) is 9.50 Å². The van der Waals surface area contributed by atoms with Crippen LogP contribution < -0.4 is 0 Å². The summed E-state index contributed by atoms with van der Waals surface area (Å²) in [5.74, 6) is -0.253. The van der Waals surface area contributed by atoms with Gasteiger partial charge in [-0.05, 0) is 37.5 Å². The molecule has 1 aromatic rings. The van der Waals surface area contributed by atoms with Crippen LogP contribution in [0.1, 0.15) is 38.2 Å². The highest BCUT2D eigenvalue weighted by Gasteiger charge is 2.41. The number of ether oxygens (including phenoxy) is 1. The van der Waals surface area contributed by atoms with Gasteiger partial charge in [-0.25, -0.2) is 4.39 Å². The minimum absolute atomic E-state index is 0.253. The quantitative estimate of drug-likeness (QED) is 0.872. The van der Waals surface area contributed by atoms with Crippen LogP contribution in [0.15, 0.2) is 24.3 Å². The van der Waals surface area contributed by atoms with Crippen LogP contribution in [0.5, 0.6) is 0 Å². The fourth-order valence-corrected chi connectivity index (χ4v) is 2.91. The van der Waals surface area contributed by atoms with Gasteiger partial charge in [-0.1, -0.05) is 25.0 Å². The van der Waals surface area contributed by atoms with Crippen LogP contribution in [0.2, 0.25) is 0 Å². The van der Waals surface area contributed by atoms with E-state index < -0.39 is 11.7 Å². The molecule has 0 spiro atoms. The number of benzene rings is 1. The summed E-state index contributed by atoms with van der Waals surface area (Å²) in [6, 6.07) is 6.43. The van der Waals surface area contributed by atoms with Gasteiger partial charge < -0.3 is 9.84 Å². The van der Waals surface area contributed by atoms with Crippen molar-refractivity contribution in [1.82, 2.24) is 0 Å². The first kappa shape index (κ1) is 13.5. The third-order valence-corrected chi connectivity index (χ3v) is 3.81. The van der Waals surface area contributed by atoms with Crippen molar-refractivity contribution in [2.75, 3.05) is 6.61 Å². The lowest BCUT2D eigenvalue weighted by atomic mass is 9.89. The molecule has 1 aromatic carbocycles. The Morgan fingerprint density at radius 1 is 1.39 bits per heavy atom. The topological polar surface area (TPSA) is 29.5 Å². The monoisotopic (exact) mass is 252 g/mol. The molecule has 0 radical (unpaired) electrons. The number of halogens is 1. The molecule has 0 bridgehead atoms. The highest BCUT2D eigenvalue weighted by Crippen LogP contribution is 2.37. The molecule has 1 aliphatic carbocycles. The average molecular weight is 252 g/mol. The molecule has 2 nitrogen and oxygen atoms in total. The highest BCUT2D eigenvalue weighted by molar-refractivity contribution is 5.18. The van der Waals surface area contributed by atoms with Gasteiger partial charge in [0.25, 0.3) is 0 Å². The summed E-state index contributed by atoms with van der Waals surface area (Å²) in [5, 5.41) is 10.4. The fourth-order valence-electron chi connectivity index (χ4n) is 2.91. The van der Waals surface area contributed by atoms with Crippen molar-refractivity contribution in [2.45, 2.75) is 50.7 Å². The van der Waals surface area contributed by atoms with Gasteiger partial charge in [0.2, 0.25) is 0 Å². The zero-order valence-electron chi connectivity index (χ0n) is 10.9. The zero-order valence-corrected chi connectivity index (χ0v) is 10.9. The van der Waals surface area contributed by atoms with Crippen molar-refractivity contribution in [3.63, 3.8) is 0 Å². The van der Waals surface area contributed by atoms with Crippen molar-refractivity contribution in [2.24, 2.45) is 0 Å². The Morgan fingerprint density at radius 2 is 2.11 bits per heavy atom. The molecule has 0 heterocycles. The summed E-state index contributed by atoms with van der Waals surface area (Å²) < 4.78 is 18.9. The second-order valence-electron chi connectivity index (χ2n) is 5.05. The van der Waals surface area contributed by atoms with E-state index in [4.69, 9.17) is 4.74 Å². The van der Waals surface area contributed by atoms with Crippen molar-refractivity contribution in [1.29, 1.82) is 0 Å². The Balaban J connectivity index is 2.07. The van der Waals surface area contributed by atoms with Gasteiger partial charge in [-0.3, -0.25) is 0 Å². The molecule has 1 aliphatic rings. The lowest BCUT2D eigenvalue weighted by Gasteiger charge is -2.34. The highest BCUT2D eigenvalue weighted by atomic mass is 19.1. The first-order valence-electron chi connectivity index (χ1n) is 6.73. The number of aliphatic hydroxyl groups is 1. The first-order valence-corrected chi connectivity index (χ1v) is 6.73. The SMILES string of the molecule is CCOC1(C(O)Cc2cccc(F)c2)CCCC1. The van der Waals surface area contributed by atoms with Crippen LogP contribution >= 0.6 is 0 Å². The van der Waals surface area contributed by atoms with Crippen LogP contribution in [0.25, 0.3) is 0 Å². The minimum Gasteiger partial charge on any atom is -0.390 e. The van der Waals surface area contributed by atoms with Crippen LogP contribution in [0.4, 0.5) is 4.39 Å². The largest absolute Gasteiger partial charge is 0.390 e. The van der Waals surface area contributed by atoms with Gasteiger partial charge in [0.05, 0.1) is 11.7 Å². The lowest BCUT2D eigenvalue weighted by molar-refractivity contribution is -0.115. The molecule has 18 heavy (non-hydrogen) atoms. The van der Waals surface area contributed by atoms with Crippen LogP contribution in [-0.4, -0.2) is 23.4 Å². The molecule has 3 heteroatoms. The Labute approximate surface area is 108 Å². The van der Waals surface area contributed by atoms with E-state index in [1.165, 1.54) is 12.1 Å². The zero-order chi connectivity index (χ0) is 13.0. The molecule has 1 atom stereocenters. The predicted molar refractivity (Wildman–Crippen MR) is 68.9 cm³/mol. The predicted octanol–water partition coefficient (Wildman–Crippen LogP) is 3.08. The van der Waals surface area contributed by atoms with Crippen LogP contribution in [-0.2, 0) is 11.2 Å². The Morgan fingerprint density at radius 3 is 2.72 bits per heavy atom. The van der Waals surface area contributed by atoms with Gasteiger partial charge in [-0.15, -0.1) is 0 Å². The molecule has 0 aromatic heterocycles. The van der Waals surface area contributed by atoms with Gasteiger partial charge in [0.15, 0.2) is 0 Å². The molecule has 0 saturated heterocycles. The van der Waals surface area contributed by atoms with E-state index in [1.807, 2.05) is 13.0 Å². The number of aliphatic hydroxyl groups excluding tert-OH is 1. The van der Waals surface area contributed by atoms with E-state index in [0.717, 1.165) is 31.2 Å². The van der Waals surface area contributed by atoms with Gasteiger partial charge in [0.1, 0.15) is 5.82 Å². The van der Waals surface area contributed by atoms with E-state index in [2.05, 4.69) is 0 Å². The second kappa shape index (κ2) is 5.81. The van der Waals surface area contributed by atoms with Crippen molar-refractivity contribution in [3.05, 3.63) is 35.6 Å². The maximum atomic E-state index is 13.1. The van der Waals surface area contributed by atoms with Crippen molar-refractivity contribution < 1.29 is 14.2 Å². The molecular weight excluding hydrogens is 231 g/mol. The summed E-state index contributed by atoms with van der Waals surface area (Å²) in [7, 11) is 0. The molecule has 1 unspecified atom stereocenters. The molecular formula is C15H21FO2. The smallest absolute Gasteiger partial charge is 0.123 e. The Hall–Kier alpha value is -0.930. The Bertz CT molecular complexity index is 386. The molecule has 100 valence electrons.